The summed E-state index contributed by atoms with van der Waals surface area (Å²) < 4.78 is 6.84. The topological polar surface area (TPSA) is 16.4 Å². The predicted octanol–water partition coefficient (Wildman–Crippen LogP) is 16.0. The molecule has 272 valence electrons. The van der Waals surface area contributed by atoms with Crippen molar-refractivity contribution in [1.29, 1.82) is 0 Å². The van der Waals surface area contributed by atoms with Crippen LogP contribution < -0.4 is 4.90 Å². The molecule has 0 aliphatic rings. The Morgan fingerprint density at radius 2 is 0.897 bits per heavy atom. The van der Waals surface area contributed by atoms with Crippen LogP contribution in [0.3, 0.4) is 0 Å². The Balaban J connectivity index is 1.18. The van der Waals surface area contributed by atoms with Crippen LogP contribution in [0, 0.1) is 0 Å². The summed E-state index contributed by atoms with van der Waals surface area (Å²) in [6, 6.07) is 80.6. The highest BCUT2D eigenvalue weighted by molar-refractivity contribution is 6.19. The Bertz CT molecular complexity index is 3270. The maximum absolute atomic E-state index is 6.84. The van der Waals surface area contributed by atoms with Crippen LogP contribution in [0.4, 0.5) is 17.1 Å². The van der Waals surface area contributed by atoms with Crippen LogP contribution in [0.25, 0.3) is 88.0 Å². The minimum absolute atomic E-state index is 0.864. The van der Waals surface area contributed by atoms with Crippen LogP contribution in [0.2, 0.25) is 0 Å². The molecule has 0 fully saturated rings. The molecule has 0 N–H and O–H groups in total. The summed E-state index contributed by atoms with van der Waals surface area (Å²) in [5.74, 6) is 0. The van der Waals surface area contributed by atoms with Crippen molar-refractivity contribution in [3.05, 3.63) is 224 Å². The van der Waals surface area contributed by atoms with E-state index in [2.05, 4.69) is 229 Å². The fourth-order valence-corrected chi connectivity index (χ4v) is 8.73. The molecule has 11 aromatic rings. The summed E-state index contributed by atoms with van der Waals surface area (Å²) in [7, 11) is 0. The molecule has 0 spiro atoms. The van der Waals surface area contributed by atoms with Gasteiger partial charge in [0, 0.05) is 22.2 Å². The first-order valence-electron chi connectivity index (χ1n) is 19.8. The molecule has 2 heteroatoms. The molecule has 1 heterocycles. The van der Waals surface area contributed by atoms with Crippen LogP contribution in [0.1, 0.15) is 0 Å². The zero-order valence-corrected chi connectivity index (χ0v) is 31.7. The molecule has 0 aliphatic heterocycles. The van der Waals surface area contributed by atoms with Gasteiger partial charge in [0.05, 0.1) is 16.8 Å². The number of para-hydroxylation sites is 2. The first-order chi connectivity index (χ1) is 28.8. The molecule has 0 aliphatic carbocycles. The number of furan rings is 1. The highest BCUT2D eigenvalue weighted by Crippen LogP contribution is 2.49. The fraction of sp³-hybridized carbons (Fsp3) is 0. The maximum Gasteiger partial charge on any atom is 0.145 e. The van der Waals surface area contributed by atoms with Gasteiger partial charge >= 0.3 is 0 Å². The maximum atomic E-state index is 6.84. The Labute approximate surface area is 337 Å². The van der Waals surface area contributed by atoms with E-state index in [9.17, 15) is 0 Å². The van der Waals surface area contributed by atoms with Crippen molar-refractivity contribution in [3.8, 4) is 44.5 Å². The molecule has 10 aromatic carbocycles. The van der Waals surface area contributed by atoms with Crippen LogP contribution in [0.15, 0.2) is 229 Å². The van der Waals surface area contributed by atoms with Crippen LogP contribution in [-0.2, 0) is 0 Å². The largest absolute Gasteiger partial charge is 0.455 e. The molecule has 11 rings (SSSR count). The lowest BCUT2D eigenvalue weighted by Crippen LogP contribution is -2.12. The molecular formula is C56H37NO. The van der Waals surface area contributed by atoms with Crippen molar-refractivity contribution < 1.29 is 4.42 Å². The molecule has 0 unspecified atom stereocenters. The van der Waals surface area contributed by atoms with Crippen molar-refractivity contribution in [1.82, 2.24) is 0 Å². The van der Waals surface area contributed by atoms with Crippen molar-refractivity contribution in [2.24, 2.45) is 0 Å². The van der Waals surface area contributed by atoms with Crippen LogP contribution >= 0.6 is 0 Å². The number of nitrogens with zero attached hydrogens (tertiary/aromatic N) is 1. The number of hydrogen-bond acceptors (Lipinski definition) is 2. The van der Waals surface area contributed by atoms with Crippen molar-refractivity contribution >= 4 is 60.5 Å². The minimum Gasteiger partial charge on any atom is -0.455 e. The lowest BCUT2D eigenvalue weighted by molar-refractivity contribution is 0.670. The van der Waals surface area contributed by atoms with E-state index in [4.69, 9.17) is 4.42 Å². The smallest absolute Gasteiger partial charge is 0.145 e. The molecule has 58 heavy (non-hydrogen) atoms. The lowest BCUT2D eigenvalue weighted by Gasteiger charge is -2.29. The predicted molar refractivity (Wildman–Crippen MR) is 245 cm³/mol. The lowest BCUT2D eigenvalue weighted by atomic mass is 9.91. The van der Waals surface area contributed by atoms with Crippen LogP contribution in [0.5, 0.6) is 0 Å². The standard InChI is InChI=1S/C56H37NO/c1-3-16-38(17-4-1)39-30-32-40(33-31-39)42-21-15-22-44(36-42)57(53-35-34-46(41-18-5-2-6-19-41)56-55(53)50-27-12-14-29-54(50)58-56)52-28-13-11-26-49(52)51-37-43-20-7-8-23-45(43)47-24-9-10-25-48(47)51/h1-37H. The quantitative estimate of drug-likeness (QED) is 0.151. The summed E-state index contributed by atoms with van der Waals surface area (Å²) in [6.45, 7) is 0. The van der Waals surface area contributed by atoms with Gasteiger partial charge in [-0.25, -0.2) is 0 Å². The van der Waals surface area contributed by atoms with E-state index in [-0.39, 0.29) is 0 Å². The van der Waals surface area contributed by atoms with E-state index >= 15 is 0 Å². The van der Waals surface area contributed by atoms with E-state index < -0.39 is 0 Å². The Hall–Kier alpha value is -7.68. The second-order valence-electron chi connectivity index (χ2n) is 14.8. The van der Waals surface area contributed by atoms with Gasteiger partial charge in [-0.2, -0.15) is 0 Å². The van der Waals surface area contributed by atoms with E-state index in [1.807, 2.05) is 0 Å². The molecule has 0 atom stereocenters. The van der Waals surface area contributed by atoms with E-state index in [1.54, 1.807) is 0 Å². The number of rotatable bonds is 7. The third kappa shape index (κ3) is 5.74. The average Bonchev–Trinajstić information content (AvgIpc) is 3.70. The number of hydrogen-bond donors (Lipinski definition) is 0. The Morgan fingerprint density at radius 1 is 0.310 bits per heavy atom. The third-order valence-electron chi connectivity index (χ3n) is 11.5. The van der Waals surface area contributed by atoms with Gasteiger partial charge < -0.3 is 9.32 Å². The Kier molecular flexibility index (Phi) is 8.19. The van der Waals surface area contributed by atoms with Gasteiger partial charge in [0.1, 0.15) is 11.2 Å². The molecule has 0 bridgehead atoms. The Morgan fingerprint density at radius 3 is 1.69 bits per heavy atom. The van der Waals surface area contributed by atoms with Gasteiger partial charge in [0.25, 0.3) is 0 Å². The zero-order chi connectivity index (χ0) is 38.4. The summed E-state index contributed by atoms with van der Waals surface area (Å²) >= 11 is 0. The van der Waals surface area contributed by atoms with Gasteiger partial charge in [-0.05, 0) is 97.4 Å². The highest BCUT2D eigenvalue weighted by atomic mass is 16.3. The van der Waals surface area contributed by atoms with Gasteiger partial charge in [-0.1, -0.05) is 182 Å². The van der Waals surface area contributed by atoms with Crippen molar-refractivity contribution in [3.63, 3.8) is 0 Å². The first-order valence-corrected chi connectivity index (χ1v) is 19.8. The summed E-state index contributed by atoms with van der Waals surface area (Å²) in [6.07, 6.45) is 0. The van der Waals surface area contributed by atoms with Crippen molar-refractivity contribution in [2.45, 2.75) is 0 Å². The number of fused-ring (bicyclic) bond motifs is 6. The van der Waals surface area contributed by atoms with E-state index in [0.29, 0.717) is 0 Å². The van der Waals surface area contributed by atoms with E-state index in [1.165, 1.54) is 38.2 Å². The first kappa shape index (κ1) is 33.6. The summed E-state index contributed by atoms with van der Waals surface area (Å²) in [5.41, 5.74) is 14.2. The van der Waals surface area contributed by atoms with Gasteiger partial charge in [0.15, 0.2) is 0 Å². The molecule has 1 aromatic heterocycles. The SMILES string of the molecule is c1ccc(-c2ccc(-c3cccc(N(c4ccccc4-c4cc5ccccc5c5ccccc45)c4ccc(-c5ccccc5)c5oc6ccccc6c45)c3)cc2)cc1. The minimum atomic E-state index is 0.864. The van der Waals surface area contributed by atoms with Gasteiger partial charge in [-0.15, -0.1) is 0 Å². The fourth-order valence-electron chi connectivity index (χ4n) is 8.73. The molecule has 0 radical (unpaired) electrons. The molecule has 2 nitrogen and oxygen atoms in total. The number of benzene rings is 10. The number of anilines is 3. The summed E-state index contributed by atoms with van der Waals surface area (Å²) in [4.78, 5) is 2.44. The molecule has 0 saturated carbocycles. The third-order valence-corrected chi connectivity index (χ3v) is 11.5. The van der Waals surface area contributed by atoms with E-state index in [0.717, 1.165) is 66.8 Å². The van der Waals surface area contributed by atoms with Gasteiger partial charge in [0.2, 0.25) is 0 Å². The highest BCUT2D eigenvalue weighted by Gasteiger charge is 2.25. The van der Waals surface area contributed by atoms with Crippen LogP contribution in [-0.4, -0.2) is 0 Å². The van der Waals surface area contributed by atoms with Crippen molar-refractivity contribution in [2.75, 3.05) is 4.90 Å². The average molecular weight is 740 g/mol. The second-order valence-corrected chi connectivity index (χ2v) is 14.8. The zero-order valence-electron chi connectivity index (χ0n) is 31.7. The second kappa shape index (κ2) is 14.1. The molecule has 0 saturated heterocycles. The normalized spacial score (nSPS) is 11.4. The van der Waals surface area contributed by atoms with Gasteiger partial charge in [-0.3, -0.25) is 0 Å². The molecule has 0 amide bonds. The molecular weight excluding hydrogens is 703 g/mol. The summed E-state index contributed by atoms with van der Waals surface area (Å²) in [5, 5.41) is 7.09. The monoisotopic (exact) mass is 739 g/mol.